The molecule has 3 amide bonds. The van der Waals surface area contributed by atoms with Gasteiger partial charge in [-0.2, -0.15) is 0 Å². The maximum atomic E-state index is 14.2. The summed E-state index contributed by atoms with van der Waals surface area (Å²) in [4.78, 5) is 53.6. The summed E-state index contributed by atoms with van der Waals surface area (Å²) < 4.78 is 0. The minimum atomic E-state index is -0.913. The Bertz CT molecular complexity index is 2340. The number of aliphatic hydroxyl groups excluding tert-OH is 1. The molecule has 5 aliphatic heterocycles. The molecule has 4 saturated heterocycles. The van der Waals surface area contributed by atoms with Gasteiger partial charge in [0.05, 0.1) is 23.5 Å². The molecule has 1 aliphatic carbocycles. The third-order valence-corrected chi connectivity index (χ3v) is 15.9. The minimum Gasteiger partial charge on any atom is -0.508 e. The number of carbonyl (C=O) groups is 3. The Labute approximate surface area is 400 Å². The summed E-state index contributed by atoms with van der Waals surface area (Å²) in [6.07, 6.45) is 12.8. The van der Waals surface area contributed by atoms with Gasteiger partial charge in [-0.15, -0.1) is 16.6 Å². The second-order valence-electron chi connectivity index (χ2n) is 21.2. The number of hydrogen-bond donors (Lipinski definition) is 6. The van der Waals surface area contributed by atoms with Gasteiger partial charge in [0.25, 0.3) is 0 Å². The van der Waals surface area contributed by atoms with Crippen molar-refractivity contribution in [1.29, 1.82) is 0 Å². The zero-order valence-electron chi connectivity index (χ0n) is 39.9. The third-order valence-electron chi connectivity index (χ3n) is 15.9. The molecule has 68 heavy (non-hydrogen) atoms. The van der Waals surface area contributed by atoms with E-state index in [0.29, 0.717) is 46.6 Å². The molecule has 2 aromatic carbocycles. The van der Waals surface area contributed by atoms with E-state index in [1.165, 1.54) is 36.6 Å². The number of benzene rings is 2. The number of aliphatic hydroxyl groups is 1. The van der Waals surface area contributed by atoms with Gasteiger partial charge in [-0.1, -0.05) is 44.9 Å². The number of rotatable bonds is 10. The Morgan fingerprint density at radius 3 is 2.13 bits per heavy atom. The van der Waals surface area contributed by atoms with Crippen molar-refractivity contribution in [3.05, 3.63) is 59.7 Å². The molecule has 0 radical (unpaired) electrons. The number of nitrogens with one attached hydrogen (secondary N) is 3. The molecule has 0 spiro atoms. The van der Waals surface area contributed by atoms with Gasteiger partial charge in [-0.05, 0) is 113 Å². The number of carbonyl (C=O) groups excluding carboxylic acids is 3. The highest BCUT2D eigenvalue weighted by molar-refractivity contribution is 5.93. The van der Waals surface area contributed by atoms with Crippen LogP contribution in [0, 0.1) is 23.7 Å². The molecule has 9 rings (SSSR count). The van der Waals surface area contributed by atoms with Crippen molar-refractivity contribution in [3.63, 3.8) is 0 Å². The van der Waals surface area contributed by atoms with Gasteiger partial charge in [0.2, 0.25) is 17.7 Å². The van der Waals surface area contributed by atoms with Gasteiger partial charge < -0.3 is 50.9 Å². The molecule has 4 atom stereocenters. The number of piperazine rings is 1. The van der Waals surface area contributed by atoms with Crippen LogP contribution in [0.1, 0.15) is 89.7 Å². The number of phenols is 2. The van der Waals surface area contributed by atoms with E-state index in [0.717, 1.165) is 89.5 Å². The molecule has 16 heteroatoms. The molecule has 6 heterocycles. The van der Waals surface area contributed by atoms with Gasteiger partial charge >= 0.3 is 0 Å². The Hall–Kier alpha value is -5.47. The van der Waals surface area contributed by atoms with E-state index >= 15 is 0 Å². The van der Waals surface area contributed by atoms with Crippen molar-refractivity contribution >= 4 is 29.2 Å². The number of piperidine rings is 2. The number of fused-ring (bicyclic) bond motifs is 3. The second kappa shape index (κ2) is 20.2. The summed E-state index contributed by atoms with van der Waals surface area (Å²) in [6.45, 7) is 14.0. The number of terminal acetylenes is 1. The highest BCUT2D eigenvalue weighted by atomic mass is 16.3. The molecule has 364 valence electrons. The predicted octanol–water partition coefficient (Wildman–Crippen LogP) is 3.75. The van der Waals surface area contributed by atoms with Gasteiger partial charge in [0.1, 0.15) is 23.6 Å². The van der Waals surface area contributed by atoms with E-state index in [1.54, 1.807) is 18.2 Å². The smallest absolute Gasteiger partial charge is 0.246 e. The summed E-state index contributed by atoms with van der Waals surface area (Å²) >= 11 is 0. The van der Waals surface area contributed by atoms with E-state index in [1.807, 2.05) is 39.0 Å². The van der Waals surface area contributed by atoms with E-state index in [-0.39, 0.29) is 48.7 Å². The number of phenolic OH excluding ortho intramolecular Hbond substituents is 2. The lowest BCUT2D eigenvalue weighted by Gasteiger charge is -2.50. The van der Waals surface area contributed by atoms with Gasteiger partial charge in [-0.3, -0.25) is 19.3 Å². The highest BCUT2D eigenvalue weighted by Crippen LogP contribution is 2.38. The molecule has 1 saturated carbocycles. The maximum absolute atomic E-state index is 14.2. The topological polar surface area (TPSA) is 190 Å². The highest BCUT2D eigenvalue weighted by Gasteiger charge is 2.46. The Morgan fingerprint density at radius 2 is 1.47 bits per heavy atom. The van der Waals surface area contributed by atoms with Crippen molar-refractivity contribution < 1.29 is 29.7 Å². The Morgan fingerprint density at radius 1 is 0.794 bits per heavy atom. The molecule has 16 nitrogen and oxygen atoms in total. The summed E-state index contributed by atoms with van der Waals surface area (Å²) in [5, 5.41) is 49.8. The molecule has 1 aromatic heterocycles. The van der Waals surface area contributed by atoms with E-state index < -0.39 is 29.5 Å². The van der Waals surface area contributed by atoms with Crippen LogP contribution in [0.4, 0.5) is 11.5 Å². The standard InChI is InChI=1S/C52H70N10O6/c1-5-33-10-11-35(46(65)26-33)29-54-50(67)44-27-40(63)32-62(44)51(68)47(52(2,3)4)55-49(66)34-12-14-36(15-13-34)58-20-16-37(17-21-58)59-22-18-38(19-23-59)60-24-25-61-39(31-60)30-53-48-43(61)28-42(56-57-48)41-8-6-7-9-45(41)64/h1,6-11,26,28,34,36-40,44,47,63-65H,12-25,27,29-32H2,2-4H3,(H,53,57)(H,54,67)(H,55,66)/t34-,36+,39-,40+,44-,47+/m0/s1. The zero-order valence-corrected chi connectivity index (χ0v) is 39.9. The van der Waals surface area contributed by atoms with Crippen LogP contribution in [0.2, 0.25) is 0 Å². The fourth-order valence-corrected chi connectivity index (χ4v) is 11.9. The number of aromatic hydroxyl groups is 2. The van der Waals surface area contributed by atoms with E-state index in [2.05, 4.69) is 57.7 Å². The lowest BCUT2D eigenvalue weighted by Crippen LogP contribution is -2.61. The predicted molar refractivity (Wildman–Crippen MR) is 261 cm³/mol. The van der Waals surface area contributed by atoms with Crippen LogP contribution < -0.4 is 20.9 Å². The maximum Gasteiger partial charge on any atom is 0.246 e. The molecule has 5 fully saturated rings. The van der Waals surface area contributed by atoms with Crippen molar-refractivity contribution in [3.8, 4) is 35.1 Å². The first-order chi connectivity index (χ1) is 32.7. The molecule has 6 aliphatic rings. The van der Waals surface area contributed by atoms with Crippen LogP contribution >= 0.6 is 0 Å². The van der Waals surface area contributed by atoms with Crippen LogP contribution in [0.5, 0.6) is 11.5 Å². The van der Waals surface area contributed by atoms with Crippen molar-refractivity contribution in [1.82, 2.24) is 40.4 Å². The summed E-state index contributed by atoms with van der Waals surface area (Å²) in [5.74, 6) is 2.33. The number of aromatic nitrogens is 2. The molecule has 6 N–H and O–H groups in total. The van der Waals surface area contributed by atoms with Gasteiger partial charge in [-0.25, -0.2) is 0 Å². The molecular weight excluding hydrogens is 861 g/mol. The normalized spacial score (nSPS) is 26.0. The lowest BCUT2D eigenvalue weighted by atomic mass is 9.82. The Balaban J connectivity index is 0.707. The Kier molecular flexibility index (Phi) is 14.2. The van der Waals surface area contributed by atoms with Crippen LogP contribution in [0.25, 0.3) is 11.3 Å². The fraction of sp³-hybridized carbons (Fsp3) is 0.596. The van der Waals surface area contributed by atoms with Gasteiger partial charge in [0.15, 0.2) is 5.82 Å². The van der Waals surface area contributed by atoms with Crippen molar-refractivity contribution in [2.75, 3.05) is 69.1 Å². The minimum absolute atomic E-state index is 0.00362. The average molecular weight is 931 g/mol. The van der Waals surface area contributed by atoms with E-state index in [4.69, 9.17) is 6.42 Å². The number of amides is 3. The van der Waals surface area contributed by atoms with Crippen LogP contribution in [-0.4, -0.2) is 164 Å². The van der Waals surface area contributed by atoms with Crippen LogP contribution in [0.3, 0.4) is 0 Å². The average Bonchev–Trinajstić information content (AvgIpc) is 3.76. The summed E-state index contributed by atoms with van der Waals surface area (Å²) in [5.41, 5.74) is 2.81. The number of anilines is 2. The fourth-order valence-electron chi connectivity index (χ4n) is 11.9. The first-order valence-corrected chi connectivity index (χ1v) is 25.0. The molecular formula is C52H70N10O6. The number of β-amino-alcohol motifs (C(OH)–C–C–N with tert-alkyl or cyclic N) is 1. The zero-order chi connectivity index (χ0) is 47.7. The molecule has 3 aromatic rings. The first kappa shape index (κ1) is 47.6. The quantitative estimate of drug-likeness (QED) is 0.162. The first-order valence-electron chi connectivity index (χ1n) is 25.0. The summed E-state index contributed by atoms with van der Waals surface area (Å²) in [6, 6.07) is 14.4. The number of likely N-dealkylation sites (tertiary alicyclic amines) is 3. The summed E-state index contributed by atoms with van der Waals surface area (Å²) in [7, 11) is 0. The molecule has 0 bridgehead atoms. The van der Waals surface area contributed by atoms with Crippen molar-refractivity contribution in [2.24, 2.45) is 11.3 Å². The van der Waals surface area contributed by atoms with Crippen LogP contribution in [0.15, 0.2) is 48.5 Å². The number of nitrogens with zero attached hydrogens (tertiary/aromatic N) is 7. The van der Waals surface area contributed by atoms with Gasteiger partial charge in [0, 0.05) is 86.4 Å². The SMILES string of the molecule is C#Cc1ccc(CNC(=O)[C@@H]2C[C@@H](O)CN2C(=O)[C@@H](NC(=O)[C@H]2CC[C@@H](N3CCC(N4CCC(N5CCN6c7cc(-c8ccccc8O)nnc7NC[C@H]6C5)CC4)CC3)CC2)C(C)(C)C)c(O)c1. The molecule has 0 unspecified atom stereocenters. The van der Waals surface area contributed by atoms with E-state index in [9.17, 15) is 29.7 Å². The largest absolute Gasteiger partial charge is 0.508 e. The third kappa shape index (κ3) is 10.3. The van der Waals surface area contributed by atoms with Crippen molar-refractivity contribution in [2.45, 2.75) is 127 Å². The number of hydrogen-bond acceptors (Lipinski definition) is 13. The lowest BCUT2D eigenvalue weighted by molar-refractivity contribution is -0.144. The monoisotopic (exact) mass is 931 g/mol. The number of para-hydroxylation sites is 1. The second-order valence-corrected chi connectivity index (χ2v) is 21.2. The van der Waals surface area contributed by atoms with Crippen LogP contribution in [-0.2, 0) is 20.9 Å².